The third-order valence-corrected chi connectivity index (χ3v) is 9.81. The highest BCUT2D eigenvalue weighted by molar-refractivity contribution is 5.92. The van der Waals surface area contributed by atoms with Gasteiger partial charge in [0.25, 0.3) is 0 Å². The van der Waals surface area contributed by atoms with Crippen LogP contribution < -0.4 is 18.9 Å². The summed E-state index contributed by atoms with van der Waals surface area (Å²) >= 11 is 0. The van der Waals surface area contributed by atoms with Crippen molar-refractivity contribution >= 4 is 11.0 Å². The Morgan fingerprint density at radius 1 is 0.661 bits per heavy atom. The van der Waals surface area contributed by atoms with Crippen LogP contribution in [0.4, 0.5) is 0 Å². The van der Waals surface area contributed by atoms with Gasteiger partial charge in [0.2, 0.25) is 17.8 Å². The SMILES string of the molecule is COc1cc(-c2[o+]c3c(C4c5c(O)cc(O)cc5O[C@H](c5ccc(O)c(O)c5)[C@H]4O)c(O)cc(O)c3cc2O[C@@H]2O[C@H](CO)[C@@H](O)[C@H](O)[C@H]2O)cc(OC)c1O. The van der Waals surface area contributed by atoms with Gasteiger partial charge in [0.05, 0.1) is 32.3 Å². The van der Waals surface area contributed by atoms with Crippen molar-refractivity contribution in [2.24, 2.45) is 0 Å². The van der Waals surface area contributed by atoms with Crippen LogP contribution in [0.5, 0.6) is 63.2 Å². The fourth-order valence-electron chi connectivity index (χ4n) is 7.02. The van der Waals surface area contributed by atoms with Crippen LogP contribution in [0.1, 0.15) is 28.7 Å². The second-order valence-corrected chi connectivity index (χ2v) is 13.2. The molecule has 0 saturated carbocycles. The quantitative estimate of drug-likeness (QED) is 0.0793. The summed E-state index contributed by atoms with van der Waals surface area (Å²) in [5, 5.41) is 129. The van der Waals surface area contributed by atoms with E-state index in [1.807, 2.05) is 0 Å². The van der Waals surface area contributed by atoms with Gasteiger partial charge in [0.1, 0.15) is 70.2 Å². The van der Waals surface area contributed by atoms with Gasteiger partial charge in [-0.25, -0.2) is 4.42 Å². The Balaban J connectivity index is 1.50. The summed E-state index contributed by atoms with van der Waals surface area (Å²) in [7, 11) is 2.52. The number of aliphatic hydroxyl groups is 5. The normalized spacial score (nSPS) is 24.6. The van der Waals surface area contributed by atoms with Crippen molar-refractivity contribution in [2.75, 3.05) is 20.8 Å². The minimum atomic E-state index is -1.89. The molecule has 0 amide bonds. The lowest BCUT2D eigenvalue weighted by Crippen LogP contribution is -2.60. The van der Waals surface area contributed by atoms with Crippen molar-refractivity contribution in [1.29, 1.82) is 0 Å². The summed E-state index contributed by atoms with van der Waals surface area (Å²) in [6.45, 7) is -0.778. The molecule has 5 aromatic rings. The van der Waals surface area contributed by atoms with E-state index < -0.39 is 95.7 Å². The monoisotopic (exact) mass is 781 g/mol. The third-order valence-electron chi connectivity index (χ3n) is 9.81. The van der Waals surface area contributed by atoms with Gasteiger partial charge in [-0.3, -0.25) is 0 Å². The predicted molar refractivity (Wildman–Crippen MR) is 189 cm³/mol. The average Bonchev–Trinajstić information content (AvgIpc) is 3.16. The number of aromatic hydroxyl groups is 7. The van der Waals surface area contributed by atoms with Crippen LogP contribution >= 0.6 is 0 Å². The van der Waals surface area contributed by atoms with E-state index >= 15 is 0 Å². The van der Waals surface area contributed by atoms with Crippen LogP contribution in [-0.2, 0) is 4.74 Å². The van der Waals surface area contributed by atoms with E-state index in [4.69, 9.17) is 28.1 Å². The number of methoxy groups -OCH3 is 2. The minimum Gasteiger partial charge on any atom is -0.508 e. The van der Waals surface area contributed by atoms with Crippen LogP contribution in [0.25, 0.3) is 22.3 Å². The van der Waals surface area contributed by atoms with Crippen molar-refractivity contribution in [3.8, 4) is 74.6 Å². The number of aliphatic hydroxyl groups excluding tert-OH is 5. The molecule has 18 heteroatoms. The molecule has 0 spiro atoms. The first kappa shape index (κ1) is 38.1. The molecule has 1 aromatic heterocycles. The highest BCUT2D eigenvalue weighted by atomic mass is 16.7. The molecule has 0 bridgehead atoms. The molecule has 18 nitrogen and oxygen atoms in total. The molecule has 3 heterocycles. The van der Waals surface area contributed by atoms with Crippen LogP contribution in [-0.4, -0.2) is 119 Å². The Bertz CT molecular complexity index is 2280. The second kappa shape index (κ2) is 14.5. The average molecular weight is 782 g/mol. The molecule has 2 aliphatic rings. The maximum Gasteiger partial charge on any atom is 0.402 e. The van der Waals surface area contributed by atoms with Gasteiger partial charge in [-0.2, -0.15) is 0 Å². The first-order valence-electron chi connectivity index (χ1n) is 16.9. The number of hydrogen-bond acceptors (Lipinski definition) is 17. The Morgan fingerprint density at radius 2 is 1.34 bits per heavy atom. The van der Waals surface area contributed by atoms with Gasteiger partial charge in [-0.1, -0.05) is 6.07 Å². The van der Waals surface area contributed by atoms with E-state index in [9.17, 15) is 61.3 Å². The zero-order valence-corrected chi connectivity index (χ0v) is 29.3. The molecular formula is C38H37O18+. The van der Waals surface area contributed by atoms with Crippen molar-refractivity contribution in [3.63, 3.8) is 0 Å². The van der Waals surface area contributed by atoms with E-state index in [2.05, 4.69) is 0 Å². The zero-order valence-electron chi connectivity index (χ0n) is 29.3. The van der Waals surface area contributed by atoms with Crippen molar-refractivity contribution in [2.45, 2.75) is 48.8 Å². The number of fused-ring (bicyclic) bond motifs is 2. The zero-order chi connectivity index (χ0) is 40.3. The van der Waals surface area contributed by atoms with Crippen LogP contribution in [0.15, 0.2) is 59.0 Å². The van der Waals surface area contributed by atoms with Crippen molar-refractivity contribution in [1.82, 2.24) is 0 Å². The van der Waals surface area contributed by atoms with Crippen molar-refractivity contribution < 1.29 is 89.4 Å². The fraction of sp³-hybridized carbons (Fsp3) is 0.289. The maximum absolute atomic E-state index is 12.1. The predicted octanol–water partition coefficient (Wildman–Crippen LogP) is 2.14. The highest BCUT2D eigenvalue weighted by Gasteiger charge is 2.48. The molecule has 2 aliphatic heterocycles. The lowest BCUT2D eigenvalue weighted by molar-refractivity contribution is -0.277. The van der Waals surface area contributed by atoms with Crippen LogP contribution in [0.3, 0.4) is 0 Å². The van der Waals surface area contributed by atoms with E-state index in [0.29, 0.717) is 0 Å². The van der Waals surface area contributed by atoms with E-state index in [1.54, 1.807) is 0 Å². The van der Waals surface area contributed by atoms with Gasteiger partial charge >= 0.3 is 11.3 Å². The van der Waals surface area contributed by atoms with Gasteiger partial charge in [0.15, 0.2) is 29.1 Å². The fourth-order valence-corrected chi connectivity index (χ4v) is 7.02. The molecule has 1 fully saturated rings. The maximum atomic E-state index is 12.1. The van der Waals surface area contributed by atoms with Gasteiger partial charge < -0.3 is 85.0 Å². The largest absolute Gasteiger partial charge is 0.508 e. The second-order valence-electron chi connectivity index (χ2n) is 13.2. The van der Waals surface area contributed by atoms with Crippen molar-refractivity contribution in [3.05, 3.63) is 71.3 Å². The third kappa shape index (κ3) is 6.33. The topological polar surface area (TPSA) is 300 Å². The number of ether oxygens (including phenoxy) is 5. The molecule has 12 N–H and O–H groups in total. The molecule has 0 radical (unpaired) electrons. The molecular weight excluding hydrogens is 744 g/mol. The van der Waals surface area contributed by atoms with E-state index in [1.165, 1.54) is 38.5 Å². The summed E-state index contributed by atoms with van der Waals surface area (Å²) in [4.78, 5) is 0. The first-order valence-corrected chi connectivity index (χ1v) is 16.9. The molecule has 296 valence electrons. The summed E-state index contributed by atoms with van der Waals surface area (Å²) in [6.07, 6.45) is -11.7. The Labute approximate surface area is 315 Å². The number of hydrogen-bond donors (Lipinski definition) is 12. The van der Waals surface area contributed by atoms with Gasteiger partial charge in [-0.05, 0) is 17.7 Å². The van der Waals surface area contributed by atoms with Gasteiger partial charge in [0, 0.05) is 42.0 Å². The smallest absolute Gasteiger partial charge is 0.402 e. The summed E-state index contributed by atoms with van der Waals surface area (Å²) in [5.74, 6) is -6.20. The number of rotatable bonds is 8. The molecule has 1 unspecified atom stereocenters. The summed E-state index contributed by atoms with van der Waals surface area (Å²) in [5.41, 5.74) is -0.540. The molecule has 4 aromatic carbocycles. The van der Waals surface area contributed by atoms with Crippen LogP contribution in [0, 0.1) is 0 Å². The number of phenolic OH excluding ortho intramolecular Hbond substituents is 7. The van der Waals surface area contributed by atoms with Gasteiger partial charge in [-0.15, -0.1) is 0 Å². The standard InChI is InChI=1S/C38H36O18/c1-51-23-6-14(7-24(52-2)30(23)46)35-25(54-38-34(50)33(49)31(47)26(12-39)55-38)10-16-18(42)11-21(45)28(37(16)56-35)29-27-20(44)8-15(40)9-22(27)53-36(32(29)48)13-3-4-17(41)19(43)5-13/h3-11,26,29,31-34,36,38-39,47-50H,12H2,1-2H3,(H6-,40,41,42,43,44,45,46)/p+1/t26-,29?,31-,32+,33+,34-,36-,38-/m1/s1. The number of benzene rings is 4. The minimum absolute atomic E-state index is 0.0462. The lowest BCUT2D eigenvalue weighted by atomic mass is 9.78. The summed E-state index contributed by atoms with van der Waals surface area (Å²) in [6, 6.07) is 10.4. The lowest BCUT2D eigenvalue weighted by Gasteiger charge is -2.39. The highest BCUT2D eigenvalue weighted by Crippen LogP contribution is 2.55. The Hall–Kier alpha value is -6.15. The van der Waals surface area contributed by atoms with E-state index in [0.717, 1.165) is 30.3 Å². The van der Waals surface area contributed by atoms with E-state index in [-0.39, 0.29) is 62.0 Å². The Kier molecular flexibility index (Phi) is 9.87. The first-order chi connectivity index (χ1) is 26.7. The molecule has 7 rings (SSSR count). The molecule has 8 atom stereocenters. The molecule has 0 aliphatic carbocycles. The number of phenols is 7. The molecule has 56 heavy (non-hydrogen) atoms. The summed E-state index contributed by atoms with van der Waals surface area (Å²) < 4.78 is 34.7. The van der Waals surface area contributed by atoms with Crippen LogP contribution in [0.2, 0.25) is 0 Å². The Morgan fingerprint density at radius 3 is 1.98 bits per heavy atom. The molecule has 1 saturated heterocycles.